The van der Waals surface area contributed by atoms with Crippen LogP contribution in [0.25, 0.3) is 11.5 Å². The second-order valence-electron chi connectivity index (χ2n) is 6.41. The number of carbonyl (C=O) groups excluding carboxylic acids is 1. The van der Waals surface area contributed by atoms with E-state index < -0.39 is 5.76 Å². The third-order valence-electron chi connectivity index (χ3n) is 4.63. The van der Waals surface area contributed by atoms with Crippen LogP contribution in [0.3, 0.4) is 0 Å². The number of fused-ring (bicyclic) bond motifs is 1. The van der Waals surface area contributed by atoms with Crippen molar-refractivity contribution >= 4 is 5.91 Å². The predicted molar refractivity (Wildman–Crippen MR) is 96.5 cm³/mol. The highest BCUT2D eigenvalue weighted by Gasteiger charge is 2.22. The Labute approximate surface area is 150 Å². The molecule has 0 saturated carbocycles. The molecule has 1 N–H and O–H groups in total. The quantitative estimate of drug-likeness (QED) is 0.786. The summed E-state index contributed by atoms with van der Waals surface area (Å²) < 4.78 is 6.23. The lowest BCUT2D eigenvalue weighted by atomic mass is 9.88. The van der Waals surface area contributed by atoms with Gasteiger partial charge in [-0.25, -0.2) is 4.79 Å². The monoisotopic (exact) mass is 349 g/mol. The molecule has 6 nitrogen and oxygen atoms in total. The number of rotatable bonds is 4. The summed E-state index contributed by atoms with van der Waals surface area (Å²) >= 11 is 0. The van der Waals surface area contributed by atoms with Crippen LogP contribution < -0.4 is 11.1 Å². The minimum Gasteiger partial charge on any atom is -0.388 e. The van der Waals surface area contributed by atoms with Gasteiger partial charge in [-0.15, -0.1) is 5.10 Å². The minimum absolute atomic E-state index is 0.0244. The van der Waals surface area contributed by atoms with E-state index >= 15 is 0 Å². The van der Waals surface area contributed by atoms with Crippen LogP contribution in [0.15, 0.2) is 63.8 Å². The van der Waals surface area contributed by atoms with Crippen molar-refractivity contribution in [3.05, 3.63) is 76.3 Å². The summed E-state index contributed by atoms with van der Waals surface area (Å²) in [6, 6.07) is 17.3. The lowest BCUT2D eigenvalue weighted by molar-refractivity contribution is -0.122. The van der Waals surface area contributed by atoms with Gasteiger partial charge < -0.3 is 9.73 Å². The fourth-order valence-corrected chi connectivity index (χ4v) is 3.38. The highest BCUT2D eigenvalue weighted by Crippen LogP contribution is 2.29. The Kier molecular flexibility index (Phi) is 4.39. The summed E-state index contributed by atoms with van der Waals surface area (Å²) in [6.45, 7) is -0.159. The number of nitrogens with zero attached hydrogens (tertiary/aromatic N) is 2. The number of aromatic nitrogens is 2. The first-order valence-corrected chi connectivity index (χ1v) is 8.71. The molecule has 1 amide bonds. The van der Waals surface area contributed by atoms with E-state index in [0.717, 1.165) is 29.5 Å². The molecular formula is C20H19N3O3. The molecule has 26 heavy (non-hydrogen) atoms. The molecule has 4 rings (SSSR count). The van der Waals surface area contributed by atoms with Gasteiger partial charge in [0.15, 0.2) is 0 Å². The summed E-state index contributed by atoms with van der Waals surface area (Å²) in [6.07, 6.45) is 2.96. The van der Waals surface area contributed by atoms with E-state index in [4.69, 9.17) is 4.42 Å². The summed E-state index contributed by atoms with van der Waals surface area (Å²) in [5.74, 6) is -0.670. The third kappa shape index (κ3) is 3.31. The number of aryl methyl sites for hydroxylation is 1. The van der Waals surface area contributed by atoms with Gasteiger partial charge in [-0.3, -0.25) is 4.79 Å². The summed E-state index contributed by atoms with van der Waals surface area (Å²) in [7, 11) is 0. The van der Waals surface area contributed by atoms with E-state index in [1.165, 1.54) is 5.56 Å². The van der Waals surface area contributed by atoms with Crippen molar-refractivity contribution in [3.63, 3.8) is 0 Å². The molecule has 0 radical (unpaired) electrons. The topological polar surface area (TPSA) is 77.1 Å². The molecule has 1 aliphatic carbocycles. The summed E-state index contributed by atoms with van der Waals surface area (Å²) in [4.78, 5) is 24.4. The highest BCUT2D eigenvalue weighted by molar-refractivity contribution is 5.76. The molecule has 0 fully saturated rings. The maximum atomic E-state index is 12.4. The number of benzene rings is 2. The van der Waals surface area contributed by atoms with E-state index in [0.29, 0.717) is 5.56 Å². The van der Waals surface area contributed by atoms with Crippen molar-refractivity contribution in [2.45, 2.75) is 31.8 Å². The highest BCUT2D eigenvalue weighted by atomic mass is 16.4. The van der Waals surface area contributed by atoms with Gasteiger partial charge >= 0.3 is 5.76 Å². The molecule has 1 heterocycles. The molecule has 0 spiro atoms. The molecule has 0 aliphatic heterocycles. The lowest BCUT2D eigenvalue weighted by Gasteiger charge is -2.26. The largest absolute Gasteiger partial charge is 0.437 e. The number of hydrogen-bond acceptors (Lipinski definition) is 4. The van der Waals surface area contributed by atoms with Crippen molar-refractivity contribution in [3.8, 4) is 11.5 Å². The smallest absolute Gasteiger partial charge is 0.388 e. The van der Waals surface area contributed by atoms with Crippen molar-refractivity contribution < 1.29 is 9.21 Å². The number of carbonyl (C=O) groups is 1. The maximum Gasteiger partial charge on any atom is 0.437 e. The van der Waals surface area contributed by atoms with Crippen LogP contribution in [0.1, 0.15) is 30.0 Å². The van der Waals surface area contributed by atoms with Crippen LogP contribution in [0.2, 0.25) is 0 Å². The van der Waals surface area contributed by atoms with Crippen LogP contribution in [-0.2, 0) is 17.8 Å². The predicted octanol–water partition coefficient (Wildman–Crippen LogP) is 2.70. The van der Waals surface area contributed by atoms with E-state index in [9.17, 15) is 9.59 Å². The fraction of sp³-hybridized carbons (Fsp3) is 0.250. The Hall–Kier alpha value is -3.15. The molecule has 1 aliphatic rings. The van der Waals surface area contributed by atoms with E-state index in [1.54, 1.807) is 12.1 Å². The molecule has 0 bridgehead atoms. The Morgan fingerprint density at radius 3 is 2.77 bits per heavy atom. The first-order chi connectivity index (χ1) is 12.7. The van der Waals surface area contributed by atoms with Crippen LogP contribution in [-0.4, -0.2) is 15.7 Å². The van der Waals surface area contributed by atoms with Crippen LogP contribution in [0.4, 0.5) is 0 Å². The number of nitrogens with one attached hydrogen (secondary N) is 1. The fourth-order valence-electron chi connectivity index (χ4n) is 3.38. The lowest BCUT2D eigenvalue weighted by Crippen LogP contribution is -2.35. The second-order valence-corrected chi connectivity index (χ2v) is 6.41. The van der Waals surface area contributed by atoms with Crippen molar-refractivity contribution in [2.75, 3.05) is 0 Å². The molecule has 3 aromatic rings. The zero-order valence-electron chi connectivity index (χ0n) is 14.2. The Morgan fingerprint density at radius 2 is 1.92 bits per heavy atom. The van der Waals surface area contributed by atoms with Gasteiger partial charge in [0, 0.05) is 5.56 Å². The standard InChI is InChI=1S/C20H19N3O3/c24-18(21-17-12-6-10-14-7-4-5-11-16(14)17)13-23-20(25)26-19(22-23)15-8-2-1-3-9-15/h1-5,7-9,11,17H,6,10,12-13H2,(H,21,24)/t17-/m0/s1. The van der Waals surface area contributed by atoms with Gasteiger partial charge in [0.25, 0.3) is 0 Å². The van der Waals surface area contributed by atoms with Crippen LogP contribution in [0.5, 0.6) is 0 Å². The zero-order valence-corrected chi connectivity index (χ0v) is 14.2. The Morgan fingerprint density at radius 1 is 1.15 bits per heavy atom. The first-order valence-electron chi connectivity index (χ1n) is 8.71. The van der Waals surface area contributed by atoms with E-state index in [1.807, 2.05) is 30.3 Å². The van der Waals surface area contributed by atoms with Crippen molar-refractivity contribution in [1.82, 2.24) is 15.1 Å². The maximum absolute atomic E-state index is 12.4. The van der Waals surface area contributed by atoms with Crippen molar-refractivity contribution in [2.24, 2.45) is 0 Å². The van der Waals surface area contributed by atoms with Crippen molar-refractivity contribution in [1.29, 1.82) is 0 Å². The van der Waals surface area contributed by atoms with E-state index in [-0.39, 0.29) is 24.4 Å². The van der Waals surface area contributed by atoms with Gasteiger partial charge in [-0.2, -0.15) is 4.68 Å². The molecule has 1 aromatic heterocycles. The van der Waals surface area contributed by atoms with E-state index in [2.05, 4.69) is 22.5 Å². The SMILES string of the molecule is O=C(Cn1nc(-c2ccccc2)oc1=O)N[C@H]1CCCc2ccccc21. The molecule has 0 saturated heterocycles. The number of hydrogen-bond donors (Lipinski definition) is 1. The molecular weight excluding hydrogens is 330 g/mol. The van der Waals surface area contributed by atoms with Gasteiger partial charge in [0.2, 0.25) is 11.8 Å². The van der Waals surface area contributed by atoms with Gasteiger partial charge in [-0.1, -0.05) is 42.5 Å². The molecule has 0 unspecified atom stereocenters. The molecule has 6 heteroatoms. The molecule has 2 aromatic carbocycles. The molecule has 1 atom stereocenters. The van der Waals surface area contributed by atoms with Gasteiger partial charge in [-0.05, 0) is 42.5 Å². The Balaban J connectivity index is 1.48. The molecule has 132 valence electrons. The van der Waals surface area contributed by atoms with Crippen LogP contribution >= 0.6 is 0 Å². The van der Waals surface area contributed by atoms with Gasteiger partial charge in [0.1, 0.15) is 6.54 Å². The number of amides is 1. The van der Waals surface area contributed by atoms with Gasteiger partial charge in [0.05, 0.1) is 6.04 Å². The average molecular weight is 349 g/mol. The summed E-state index contributed by atoms with van der Waals surface area (Å²) in [5, 5.41) is 7.15. The summed E-state index contributed by atoms with van der Waals surface area (Å²) in [5.41, 5.74) is 3.13. The first kappa shape index (κ1) is 16.3. The Bertz CT molecular complexity index is 975. The second kappa shape index (κ2) is 7.00. The zero-order chi connectivity index (χ0) is 17.9. The van der Waals surface area contributed by atoms with Crippen LogP contribution in [0, 0.1) is 0 Å². The third-order valence-corrected chi connectivity index (χ3v) is 4.63. The minimum atomic E-state index is -0.636. The average Bonchev–Trinajstić information content (AvgIpc) is 3.03. The normalized spacial score (nSPS) is 16.1.